The summed E-state index contributed by atoms with van der Waals surface area (Å²) in [5.41, 5.74) is -0.500. The zero-order valence-electron chi connectivity index (χ0n) is 12.5. The monoisotopic (exact) mass is 336 g/mol. The van der Waals surface area contributed by atoms with Gasteiger partial charge < -0.3 is 10.6 Å². The second kappa shape index (κ2) is 6.87. The molecule has 1 atom stereocenters. The van der Waals surface area contributed by atoms with E-state index in [1.807, 2.05) is 6.92 Å². The third-order valence-electron chi connectivity index (χ3n) is 3.96. The van der Waals surface area contributed by atoms with Gasteiger partial charge in [-0.2, -0.15) is 13.2 Å². The van der Waals surface area contributed by atoms with E-state index in [0.717, 1.165) is 31.5 Å². The van der Waals surface area contributed by atoms with Gasteiger partial charge in [0.05, 0.1) is 11.0 Å². The third-order valence-corrected chi connectivity index (χ3v) is 3.96. The van der Waals surface area contributed by atoms with E-state index in [-0.39, 0.29) is 24.0 Å². The molecule has 1 fully saturated rings. The van der Waals surface area contributed by atoms with Gasteiger partial charge in [0, 0.05) is 12.2 Å². The minimum atomic E-state index is -4.41. The van der Waals surface area contributed by atoms with Crippen LogP contribution in [0, 0.1) is 12.3 Å². The highest BCUT2D eigenvalue weighted by Gasteiger charge is 2.35. The van der Waals surface area contributed by atoms with Crippen LogP contribution in [0.25, 0.3) is 0 Å². The number of halogens is 4. The Bertz CT molecular complexity index is 540. The lowest BCUT2D eigenvalue weighted by Crippen LogP contribution is -2.46. The number of piperidine rings is 1. The standard InChI is InChI=1S/C15H19F3N2O.ClH/c1-10-4-5-11(15(16,17)18)8-12(10)20-13(21)14(2)6-3-7-19-9-14;/h4-5,8,19H,3,6-7,9H2,1-2H3,(H,20,21);1H. The van der Waals surface area contributed by atoms with Crippen LogP contribution in [0.4, 0.5) is 18.9 Å². The molecule has 0 aliphatic carbocycles. The molecule has 0 aromatic heterocycles. The summed E-state index contributed by atoms with van der Waals surface area (Å²) < 4.78 is 38.2. The number of nitrogens with one attached hydrogen (secondary N) is 2. The van der Waals surface area contributed by atoms with E-state index in [0.29, 0.717) is 12.1 Å². The smallest absolute Gasteiger partial charge is 0.325 e. The van der Waals surface area contributed by atoms with E-state index in [2.05, 4.69) is 10.6 Å². The van der Waals surface area contributed by atoms with E-state index in [1.165, 1.54) is 6.07 Å². The number of hydrogen-bond acceptors (Lipinski definition) is 2. The van der Waals surface area contributed by atoms with Crippen LogP contribution >= 0.6 is 12.4 Å². The minimum absolute atomic E-state index is 0. The Morgan fingerprint density at radius 2 is 2.05 bits per heavy atom. The van der Waals surface area contributed by atoms with Crippen LogP contribution in [0.5, 0.6) is 0 Å². The number of rotatable bonds is 2. The summed E-state index contributed by atoms with van der Waals surface area (Å²) in [5.74, 6) is -0.239. The number of carbonyl (C=O) groups is 1. The first kappa shape index (κ1) is 18.8. The molecule has 0 radical (unpaired) electrons. The molecule has 1 unspecified atom stereocenters. The topological polar surface area (TPSA) is 41.1 Å². The number of anilines is 1. The Morgan fingerprint density at radius 3 is 2.59 bits per heavy atom. The molecule has 0 bridgehead atoms. The highest BCUT2D eigenvalue weighted by atomic mass is 35.5. The largest absolute Gasteiger partial charge is 0.416 e. The number of aryl methyl sites for hydroxylation is 1. The van der Waals surface area contributed by atoms with Crippen molar-refractivity contribution in [3.05, 3.63) is 29.3 Å². The molecule has 7 heteroatoms. The molecule has 22 heavy (non-hydrogen) atoms. The van der Waals surface area contributed by atoms with Crippen molar-refractivity contribution >= 4 is 24.0 Å². The molecule has 0 saturated carbocycles. The summed E-state index contributed by atoms with van der Waals surface area (Å²) in [7, 11) is 0. The van der Waals surface area contributed by atoms with Crippen molar-refractivity contribution in [2.75, 3.05) is 18.4 Å². The summed E-state index contributed by atoms with van der Waals surface area (Å²) in [6, 6.07) is 3.39. The van der Waals surface area contributed by atoms with Crippen molar-refractivity contribution in [3.8, 4) is 0 Å². The lowest BCUT2D eigenvalue weighted by Gasteiger charge is -2.32. The van der Waals surface area contributed by atoms with Crippen LogP contribution in [0.2, 0.25) is 0 Å². The van der Waals surface area contributed by atoms with Crippen molar-refractivity contribution in [1.82, 2.24) is 5.32 Å². The van der Waals surface area contributed by atoms with Gasteiger partial charge in [-0.3, -0.25) is 4.79 Å². The van der Waals surface area contributed by atoms with Crippen LogP contribution in [0.1, 0.15) is 30.9 Å². The first-order chi connectivity index (χ1) is 9.72. The normalized spacial score (nSPS) is 21.9. The number of hydrogen-bond donors (Lipinski definition) is 2. The van der Waals surface area contributed by atoms with Crippen molar-refractivity contribution in [1.29, 1.82) is 0 Å². The zero-order chi connectivity index (χ0) is 15.7. The fourth-order valence-electron chi connectivity index (χ4n) is 2.46. The van der Waals surface area contributed by atoms with Crippen LogP contribution in [-0.2, 0) is 11.0 Å². The molecular formula is C15H20ClF3N2O. The molecule has 1 aromatic carbocycles. The molecule has 2 N–H and O–H groups in total. The maximum Gasteiger partial charge on any atom is 0.416 e. The van der Waals surface area contributed by atoms with Gasteiger partial charge in [0.25, 0.3) is 0 Å². The molecule has 1 aromatic rings. The van der Waals surface area contributed by atoms with Crippen LogP contribution < -0.4 is 10.6 Å². The van der Waals surface area contributed by atoms with E-state index in [9.17, 15) is 18.0 Å². The van der Waals surface area contributed by atoms with Crippen LogP contribution in [0.15, 0.2) is 18.2 Å². The average molecular weight is 337 g/mol. The molecule has 1 saturated heterocycles. The lowest BCUT2D eigenvalue weighted by atomic mass is 9.82. The van der Waals surface area contributed by atoms with Gasteiger partial charge in [0.2, 0.25) is 5.91 Å². The second-order valence-corrected chi connectivity index (χ2v) is 5.82. The third kappa shape index (κ3) is 4.14. The average Bonchev–Trinajstić information content (AvgIpc) is 2.40. The molecule has 1 aliphatic heterocycles. The van der Waals surface area contributed by atoms with Gasteiger partial charge in [0.1, 0.15) is 0 Å². The molecule has 3 nitrogen and oxygen atoms in total. The molecule has 1 aliphatic rings. The Balaban J connectivity index is 0.00000242. The van der Waals surface area contributed by atoms with E-state index >= 15 is 0 Å². The molecule has 0 spiro atoms. The number of alkyl halides is 3. The second-order valence-electron chi connectivity index (χ2n) is 5.82. The van der Waals surface area contributed by atoms with Gasteiger partial charge in [-0.1, -0.05) is 6.07 Å². The predicted molar refractivity (Wildman–Crippen MR) is 82.3 cm³/mol. The Hall–Kier alpha value is -1.27. The SMILES string of the molecule is Cc1ccc(C(F)(F)F)cc1NC(=O)C1(C)CCCNC1.Cl. The summed E-state index contributed by atoms with van der Waals surface area (Å²) >= 11 is 0. The molecule has 1 amide bonds. The first-order valence-electron chi connectivity index (χ1n) is 6.92. The molecule has 1 heterocycles. The highest BCUT2D eigenvalue weighted by Crippen LogP contribution is 2.33. The summed E-state index contributed by atoms with van der Waals surface area (Å²) in [6.07, 6.45) is -2.81. The molecular weight excluding hydrogens is 317 g/mol. The Labute approximate surface area is 134 Å². The van der Waals surface area contributed by atoms with Crippen molar-refractivity contribution < 1.29 is 18.0 Å². The minimum Gasteiger partial charge on any atom is -0.325 e. The maximum absolute atomic E-state index is 12.7. The summed E-state index contributed by atoms with van der Waals surface area (Å²) in [5, 5.41) is 5.81. The fourth-order valence-corrected chi connectivity index (χ4v) is 2.46. The summed E-state index contributed by atoms with van der Waals surface area (Å²) in [4.78, 5) is 12.4. The van der Waals surface area contributed by atoms with E-state index in [1.54, 1.807) is 6.92 Å². The Kier molecular flexibility index (Phi) is 5.87. The van der Waals surface area contributed by atoms with E-state index < -0.39 is 17.2 Å². The van der Waals surface area contributed by atoms with Crippen LogP contribution in [0.3, 0.4) is 0 Å². The lowest BCUT2D eigenvalue weighted by molar-refractivity contribution is -0.137. The Morgan fingerprint density at radius 1 is 1.36 bits per heavy atom. The first-order valence-corrected chi connectivity index (χ1v) is 6.92. The fraction of sp³-hybridized carbons (Fsp3) is 0.533. The van der Waals surface area contributed by atoms with Gasteiger partial charge in [-0.25, -0.2) is 0 Å². The van der Waals surface area contributed by atoms with Crippen molar-refractivity contribution in [2.24, 2.45) is 5.41 Å². The van der Waals surface area contributed by atoms with Gasteiger partial charge >= 0.3 is 6.18 Å². The van der Waals surface area contributed by atoms with Crippen LogP contribution in [-0.4, -0.2) is 19.0 Å². The van der Waals surface area contributed by atoms with Crippen molar-refractivity contribution in [2.45, 2.75) is 32.9 Å². The number of amides is 1. The zero-order valence-corrected chi connectivity index (χ0v) is 13.3. The van der Waals surface area contributed by atoms with Gasteiger partial charge in [0.15, 0.2) is 0 Å². The maximum atomic E-state index is 12.7. The van der Waals surface area contributed by atoms with Gasteiger partial charge in [-0.05, 0) is 50.9 Å². The summed E-state index contributed by atoms with van der Waals surface area (Å²) in [6.45, 7) is 4.91. The number of benzene rings is 1. The number of carbonyl (C=O) groups excluding carboxylic acids is 1. The van der Waals surface area contributed by atoms with E-state index in [4.69, 9.17) is 0 Å². The highest BCUT2D eigenvalue weighted by molar-refractivity contribution is 5.96. The molecule has 124 valence electrons. The predicted octanol–water partition coefficient (Wildman–Crippen LogP) is 3.76. The van der Waals surface area contributed by atoms with Crippen molar-refractivity contribution in [3.63, 3.8) is 0 Å². The molecule has 2 rings (SSSR count). The quantitative estimate of drug-likeness (QED) is 0.863. The van der Waals surface area contributed by atoms with Gasteiger partial charge in [-0.15, -0.1) is 12.4 Å².